The lowest BCUT2D eigenvalue weighted by atomic mass is 9.98. The average molecular weight is 450 g/mol. The number of morpholine rings is 1. The first-order valence-electron chi connectivity index (χ1n) is 11.3. The largest absolute Gasteiger partial charge is 0.480 e. The molecule has 1 aliphatic heterocycles. The van der Waals surface area contributed by atoms with Crippen molar-refractivity contribution in [2.75, 3.05) is 26.4 Å². The molecule has 8 nitrogen and oxygen atoms in total. The van der Waals surface area contributed by atoms with Gasteiger partial charge < -0.3 is 24.8 Å². The number of hydrogen-bond acceptors (Lipinski definition) is 5. The van der Waals surface area contributed by atoms with E-state index in [0.717, 1.165) is 35.1 Å². The molecule has 2 aromatic rings. The van der Waals surface area contributed by atoms with E-state index >= 15 is 0 Å². The Kier molecular flexibility index (Phi) is 5.76. The number of amides is 2. The number of hydrogen-bond donors (Lipinski definition) is 2. The minimum atomic E-state index is -1.11. The molecule has 0 radical (unpaired) electrons. The van der Waals surface area contributed by atoms with Gasteiger partial charge in [-0.2, -0.15) is 0 Å². The fourth-order valence-electron chi connectivity index (χ4n) is 4.83. The van der Waals surface area contributed by atoms with Crippen LogP contribution in [0.5, 0.6) is 0 Å². The molecular weight excluding hydrogens is 424 g/mol. The Morgan fingerprint density at radius 1 is 1.06 bits per heavy atom. The highest BCUT2D eigenvalue weighted by molar-refractivity contribution is 5.90. The van der Waals surface area contributed by atoms with Crippen molar-refractivity contribution in [1.29, 1.82) is 0 Å². The predicted octanol–water partition coefficient (Wildman–Crippen LogP) is 2.62. The lowest BCUT2D eigenvalue weighted by Gasteiger charge is -2.35. The molecule has 2 unspecified atom stereocenters. The van der Waals surface area contributed by atoms with Crippen molar-refractivity contribution in [2.24, 2.45) is 5.92 Å². The van der Waals surface area contributed by atoms with E-state index in [1.165, 1.54) is 4.90 Å². The van der Waals surface area contributed by atoms with Gasteiger partial charge in [-0.15, -0.1) is 0 Å². The van der Waals surface area contributed by atoms with Crippen LogP contribution >= 0.6 is 0 Å². The van der Waals surface area contributed by atoms with Crippen molar-refractivity contribution in [1.82, 2.24) is 10.2 Å². The topological polar surface area (TPSA) is 105 Å². The van der Waals surface area contributed by atoms with E-state index in [9.17, 15) is 19.5 Å². The molecule has 1 saturated heterocycles. The number of ether oxygens (including phenoxy) is 2. The fourth-order valence-corrected chi connectivity index (χ4v) is 4.83. The van der Waals surface area contributed by atoms with Gasteiger partial charge in [0, 0.05) is 12.5 Å². The molecule has 0 spiro atoms. The number of aliphatic carboxylic acids is 1. The maximum absolute atomic E-state index is 13.2. The second-order valence-electron chi connectivity index (χ2n) is 8.75. The molecule has 2 aromatic carbocycles. The first-order chi connectivity index (χ1) is 16.0. The Morgan fingerprint density at radius 3 is 2.30 bits per heavy atom. The summed E-state index contributed by atoms with van der Waals surface area (Å²) < 4.78 is 10.8. The number of carbonyl (C=O) groups excluding carboxylic acids is 2. The van der Waals surface area contributed by atoms with Gasteiger partial charge in [0.2, 0.25) is 5.91 Å². The Labute approximate surface area is 191 Å². The molecular formula is C25H26N2O6. The summed E-state index contributed by atoms with van der Waals surface area (Å²) in [6.07, 6.45) is 0.951. The third kappa shape index (κ3) is 4.18. The van der Waals surface area contributed by atoms with Gasteiger partial charge in [-0.25, -0.2) is 9.59 Å². The maximum atomic E-state index is 13.2. The van der Waals surface area contributed by atoms with Crippen LogP contribution in [0.1, 0.15) is 29.9 Å². The van der Waals surface area contributed by atoms with Crippen molar-refractivity contribution in [3.8, 4) is 11.1 Å². The number of alkyl carbamates (subject to hydrolysis) is 1. The number of rotatable bonds is 6. The van der Waals surface area contributed by atoms with Crippen LogP contribution in [0.25, 0.3) is 11.1 Å². The summed E-state index contributed by atoms with van der Waals surface area (Å²) in [7, 11) is 0. The molecule has 1 saturated carbocycles. The van der Waals surface area contributed by atoms with Gasteiger partial charge in [0.25, 0.3) is 0 Å². The van der Waals surface area contributed by atoms with E-state index in [-0.39, 0.29) is 44.1 Å². The number of fused-ring (bicyclic) bond motifs is 3. The number of carboxylic acids is 1. The van der Waals surface area contributed by atoms with E-state index in [1.54, 1.807) is 0 Å². The van der Waals surface area contributed by atoms with E-state index in [1.807, 2.05) is 36.4 Å². The summed E-state index contributed by atoms with van der Waals surface area (Å²) in [5.74, 6) is -1.58. The summed E-state index contributed by atoms with van der Waals surface area (Å²) in [4.78, 5) is 38.7. The zero-order valence-corrected chi connectivity index (χ0v) is 18.1. The summed E-state index contributed by atoms with van der Waals surface area (Å²) in [6.45, 7) is 0.563. The van der Waals surface area contributed by atoms with Crippen molar-refractivity contribution < 1.29 is 29.0 Å². The van der Waals surface area contributed by atoms with Gasteiger partial charge in [-0.05, 0) is 41.0 Å². The minimum Gasteiger partial charge on any atom is -0.480 e. The van der Waals surface area contributed by atoms with Crippen LogP contribution in [0.15, 0.2) is 48.5 Å². The molecule has 3 aliphatic rings. The third-order valence-electron chi connectivity index (χ3n) is 6.67. The van der Waals surface area contributed by atoms with Crippen LogP contribution in [-0.2, 0) is 19.1 Å². The Balaban J connectivity index is 1.26. The van der Waals surface area contributed by atoms with Gasteiger partial charge in [-0.1, -0.05) is 48.5 Å². The van der Waals surface area contributed by atoms with Crippen LogP contribution in [0.2, 0.25) is 0 Å². The average Bonchev–Trinajstić information content (AvgIpc) is 3.63. The normalized spacial score (nSPS) is 20.5. The number of carboxylic acid groups (broad SMARTS) is 1. The standard InChI is InChI=1S/C25H26N2O6/c28-23(27-11-12-32-14-21(27)24(29)30)22(15-9-10-15)26-25(31)33-13-20-18-7-3-1-5-16(18)17-6-2-4-8-19(17)20/h1-8,15,20-22H,9-14H2,(H,26,31)(H,29,30). The Bertz CT molecular complexity index is 1040. The van der Waals surface area contributed by atoms with Crippen molar-refractivity contribution in [3.05, 3.63) is 59.7 Å². The Hall–Kier alpha value is -3.39. The number of benzene rings is 2. The molecule has 2 fully saturated rings. The maximum Gasteiger partial charge on any atom is 0.407 e. The molecule has 5 rings (SSSR count). The highest BCUT2D eigenvalue weighted by Crippen LogP contribution is 2.44. The van der Waals surface area contributed by atoms with E-state index in [2.05, 4.69) is 17.4 Å². The van der Waals surface area contributed by atoms with Gasteiger partial charge in [-0.3, -0.25) is 4.79 Å². The zero-order valence-electron chi connectivity index (χ0n) is 18.1. The summed E-state index contributed by atoms with van der Waals surface area (Å²) in [5.41, 5.74) is 4.50. The molecule has 33 heavy (non-hydrogen) atoms. The monoisotopic (exact) mass is 450 g/mol. The third-order valence-corrected chi connectivity index (χ3v) is 6.67. The molecule has 2 atom stereocenters. The highest BCUT2D eigenvalue weighted by Gasteiger charge is 2.43. The van der Waals surface area contributed by atoms with Gasteiger partial charge in [0.1, 0.15) is 12.6 Å². The van der Waals surface area contributed by atoms with E-state index in [4.69, 9.17) is 9.47 Å². The van der Waals surface area contributed by atoms with Crippen LogP contribution in [0.4, 0.5) is 4.79 Å². The van der Waals surface area contributed by atoms with Crippen LogP contribution < -0.4 is 5.32 Å². The SMILES string of the molecule is O=C(NC(C(=O)N1CCOCC1C(=O)O)C1CC1)OCC1c2ccccc2-c2ccccc21. The lowest BCUT2D eigenvalue weighted by molar-refractivity contribution is -0.159. The smallest absolute Gasteiger partial charge is 0.407 e. The number of carbonyl (C=O) groups is 3. The molecule has 0 bridgehead atoms. The van der Waals surface area contributed by atoms with Crippen LogP contribution in [0.3, 0.4) is 0 Å². The first-order valence-corrected chi connectivity index (χ1v) is 11.3. The molecule has 2 amide bonds. The number of nitrogens with one attached hydrogen (secondary N) is 1. The molecule has 1 heterocycles. The minimum absolute atomic E-state index is 0.00438. The van der Waals surface area contributed by atoms with Crippen molar-refractivity contribution in [3.63, 3.8) is 0 Å². The Morgan fingerprint density at radius 2 is 1.70 bits per heavy atom. The summed E-state index contributed by atoms with van der Waals surface area (Å²) in [6, 6.07) is 14.3. The van der Waals surface area contributed by atoms with Crippen LogP contribution in [-0.4, -0.2) is 66.4 Å². The molecule has 2 N–H and O–H groups in total. The zero-order chi connectivity index (χ0) is 22.9. The van der Waals surface area contributed by atoms with Gasteiger partial charge in [0.15, 0.2) is 6.04 Å². The fraction of sp³-hybridized carbons (Fsp3) is 0.400. The van der Waals surface area contributed by atoms with E-state index < -0.39 is 24.1 Å². The second kappa shape index (κ2) is 8.86. The van der Waals surface area contributed by atoms with Gasteiger partial charge >= 0.3 is 12.1 Å². The predicted molar refractivity (Wildman–Crippen MR) is 119 cm³/mol. The number of nitrogens with zero attached hydrogens (tertiary/aromatic N) is 1. The van der Waals surface area contributed by atoms with Crippen molar-refractivity contribution in [2.45, 2.75) is 30.8 Å². The molecule has 8 heteroatoms. The van der Waals surface area contributed by atoms with Crippen molar-refractivity contribution >= 4 is 18.0 Å². The highest BCUT2D eigenvalue weighted by atomic mass is 16.5. The van der Waals surface area contributed by atoms with Gasteiger partial charge in [0.05, 0.1) is 13.2 Å². The summed E-state index contributed by atoms with van der Waals surface area (Å²) >= 11 is 0. The summed E-state index contributed by atoms with van der Waals surface area (Å²) in [5, 5.41) is 12.2. The first kappa shape index (κ1) is 21.5. The lowest BCUT2D eigenvalue weighted by Crippen LogP contribution is -2.58. The quantitative estimate of drug-likeness (QED) is 0.701. The van der Waals surface area contributed by atoms with E-state index in [0.29, 0.717) is 0 Å². The van der Waals surface area contributed by atoms with Crippen LogP contribution in [0, 0.1) is 5.92 Å². The molecule has 0 aromatic heterocycles. The molecule has 172 valence electrons. The molecule has 2 aliphatic carbocycles. The second-order valence-corrected chi connectivity index (χ2v) is 8.75.